The first-order valence-electron chi connectivity index (χ1n) is 7.55. The minimum absolute atomic E-state index is 0.0640. The van der Waals surface area contributed by atoms with E-state index in [-0.39, 0.29) is 5.84 Å². The Hall–Kier alpha value is -2.61. The molecule has 0 radical (unpaired) electrons. The molecular weight excluding hydrogens is 308 g/mol. The van der Waals surface area contributed by atoms with Crippen LogP contribution in [0.1, 0.15) is 18.4 Å². The van der Waals surface area contributed by atoms with Crippen LogP contribution in [0.2, 0.25) is 0 Å². The van der Waals surface area contributed by atoms with E-state index in [1.165, 1.54) is 14.2 Å². The number of nitriles is 2. The Labute approximate surface area is 140 Å². The third kappa shape index (κ3) is 1.53. The third-order valence-electron chi connectivity index (χ3n) is 5.01. The zero-order valence-corrected chi connectivity index (χ0v) is 13.7. The largest absolute Gasteiger partial charge is 0.494 e. The van der Waals surface area contributed by atoms with Crippen molar-refractivity contribution >= 4 is 5.84 Å². The van der Waals surface area contributed by atoms with Crippen molar-refractivity contribution in [3.63, 3.8) is 0 Å². The van der Waals surface area contributed by atoms with Crippen LogP contribution in [-0.4, -0.2) is 32.6 Å². The molecule has 1 aromatic carbocycles. The molecule has 24 heavy (non-hydrogen) atoms. The van der Waals surface area contributed by atoms with Crippen LogP contribution in [0.4, 0.5) is 0 Å². The fourth-order valence-corrected chi connectivity index (χ4v) is 3.94. The molecule has 124 valence electrons. The summed E-state index contributed by atoms with van der Waals surface area (Å²) < 4.78 is 16.3. The van der Waals surface area contributed by atoms with Crippen molar-refractivity contribution < 1.29 is 14.2 Å². The SMILES string of the molecule is CCOc1ccc([C@H]2[C@@]3(C#N)C(OC)(OC)N=C(N)[C@]23C#N)cc1. The van der Waals surface area contributed by atoms with Gasteiger partial charge >= 0.3 is 0 Å². The molecule has 2 N–H and O–H groups in total. The van der Waals surface area contributed by atoms with E-state index < -0.39 is 22.7 Å². The first-order chi connectivity index (χ1) is 11.5. The van der Waals surface area contributed by atoms with Crippen LogP contribution in [0.3, 0.4) is 0 Å². The van der Waals surface area contributed by atoms with Gasteiger partial charge in [-0.05, 0) is 24.6 Å². The quantitative estimate of drug-likeness (QED) is 0.821. The summed E-state index contributed by atoms with van der Waals surface area (Å²) in [5.41, 5.74) is 4.25. The molecule has 0 unspecified atom stereocenters. The molecule has 1 heterocycles. The maximum Gasteiger partial charge on any atom is 0.292 e. The van der Waals surface area contributed by atoms with E-state index in [1.54, 1.807) is 12.1 Å². The molecule has 3 rings (SSSR count). The Balaban J connectivity index is 2.12. The summed E-state index contributed by atoms with van der Waals surface area (Å²) in [5.74, 6) is -1.30. The summed E-state index contributed by atoms with van der Waals surface area (Å²) in [6, 6.07) is 11.7. The minimum atomic E-state index is -1.59. The average Bonchev–Trinajstić information content (AvgIpc) is 3.18. The van der Waals surface area contributed by atoms with Gasteiger partial charge < -0.3 is 19.9 Å². The van der Waals surface area contributed by atoms with Gasteiger partial charge in [0, 0.05) is 20.1 Å². The van der Waals surface area contributed by atoms with Gasteiger partial charge in [-0.3, -0.25) is 0 Å². The van der Waals surface area contributed by atoms with Gasteiger partial charge in [0.1, 0.15) is 17.0 Å². The summed E-state index contributed by atoms with van der Waals surface area (Å²) in [5, 5.41) is 19.8. The zero-order chi connectivity index (χ0) is 17.6. The first kappa shape index (κ1) is 16.3. The van der Waals surface area contributed by atoms with Gasteiger partial charge in [0.25, 0.3) is 5.91 Å². The average molecular weight is 326 g/mol. The van der Waals surface area contributed by atoms with Crippen molar-refractivity contribution in [3.8, 4) is 17.9 Å². The van der Waals surface area contributed by atoms with E-state index in [9.17, 15) is 10.5 Å². The van der Waals surface area contributed by atoms with E-state index in [0.29, 0.717) is 6.61 Å². The standard InChI is InChI=1S/C17H18N4O3/c1-4-24-12-7-5-11(6-8-12)13-15(9-18)14(20)21-17(22-2,23-3)16(13,15)10-19/h5-8,13H,4H2,1-3H3,(H2,20,21)/t13-,15+,16-/m1/s1. The number of nitrogens with two attached hydrogens (primary N) is 1. The normalized spacial score (nSPS) is 32.2. The molecule has 7 nitrogen and oxygen atoms in total. The lowest BCUT2D eigenvalue weighted by Gasteiger charge is -2.29. The number of aliphatic imine (C=N–C) groups is 1. The molecule has 7 heteroatoms. The number of hydrogen-bond acceptors (Lipinski definition) is 7. The number of hydrogen-bond donors (Lipinski definition) is 1. The molecule has 0 spiro atoms. The Kier molecular flexibility index (Phi) is 3.52. The van der Waals surface area contributed by atoms with Gasteiger partial charge in [-0.15, -0.1) is 0 Å². The second-order valence-corrected chi connectivity index (χ2v) is 5.76. The van der Waals surface area contributed by atoms with Crippen LogP contribution in [-0.2, 0) is 9.47 Å². The first-order valence-corrected chi connectivity index (χ1v) is 7.55. The molecule has 3 atom stereocenters. The van der Waals surface area contributed by atoms with Crippen LogP contribution in [0, 0.1) is 33.5 Å². The number of fused-ring (bicyclic) bond motifs is 1. The Bertz CT molecular complexity index is 773. The summed E-state index contributed by atoms with van der Waals surface area (Å²) in [6.07, 6.45) is 0. The Morgan fingerprint density at radius 1 is 1.17 bits per heavy atom. The van der Waals surface area contributed by atoms with Gasteiger partial charge in [0.05, 0.1) is 18.7 Å². The highest BCUT2D eigenvalue weighted by Crippen LogP contribution is 2.81. The number of amidine groups is 1. The van der Waals surface area contributed by atoms with E-state index in [2.05, 4.69) is 17.1 Å². The van der Waals surface area contributed by atoms with Gasteiger partial charge in [-0.25, -0.2) is 4.99 Å². The molecule has 0 amide bonds. The molecule has 0 bridgehead atoms. The summed E-state index contributed by atoms with van der Waals surface area (Å²) >= 11 is 0. The van der Waals surface area contributed by atoms with E-state index >= 15 is 0 Å². The highest BCUT2D eigenvalue weighted by Gasteiger charge is 2.93. The number of benzene rings is 1. The van der Waals surface area contributed by atoms with E-state index in [4.69, 9.17) is 19.9 Å². The lowest BCUT2D eigenvalue weighted by atomic mass is 9.93. The molecule has 0 aromatic heterocycles. The maximum atomic E-state index is 9.93. The Morgan fingerprint density at radius 3 is 2.25 bits per heavy atom. The van der Waals surface area contributed by atoms with Crippen LogP contribution >= 0.6 is 0 Å². The second-order valence-electron chi connectivity index (χ2n) is 5.76. The van der Waals surface area contributed by atoms with Crippen molar-refractivity contribution in [2.24, 2.45) is 21.6 Å². The summed E-state index contributed by atoms with van der Waals surface area (Å²) in [4.78, 5) is 4.18. The predicted molar refractivity (Wildman–Crippen MR) is 84.8 cm³/mol. The number of nitrogens with zero attached hydrogens (tertiary/aromatic N) is 3. The smallest absolute Gasteiger partial charge is 0.292 e. The van der Waals surface area contributed by atoms with Gasteiger partial charge in [0.15, 0.2) is 5.41 Å². The number of rotatable bonds is 5. The highest BCUT2D eigenvalue weighted by atomic mass is 16.7. The van der Waals surface area contributed by atoms with Crippen LogP contribution < -0.4 is 10.5 Å². The minimum Gasteiger partial charge on any atom is -0.494 e. The fourth-order valence-electron chi connectivity index (χ4n) is 3.94. The maximum absolute atomic E-state index is 9.93. The zero-order valence-electron chi connectivity index (χ0n) is 13.7. The van der Waals surface area contributed by atoms with Gasteiger partial charge in [0.2, 0.25) is 0 Å². The molecule has 1 fully saturated rings. The number of methoxy groups -OCH3 is 2. The molecule has 0 saturated heterocycles. The lowest BCUT2D eigenvalue weighted by molar-refractivity contribution is -0.230. The molecule has 1 saturated carbocycles. The van der Waals surface area contributed by atoms with Crippen molar-refractivity contribution in [1.29, 1.82) is 10.5 Å². The van der Waals surface area contributed by atoms with Crippen LogP contribution in [0.25, 0.3) is 0 Å². The lowest BCUT2D eigenvalue weighted by Crippen LogP contribution is -2.41. The van der Waals surface area contributed by atoms with Gasteiger partial charge in [-0.1, -0.05) is 12.1 Å². The van der Waals surface area contributed by atoms with Crippen molar-refractivity contribution in [2.45, 2.75) is 18.8 Å². The van der Waals surface area contributed by atoms with Crippen LogP contribution in [0.15, 0.2) is 29.3 Å². The second kappa shape index (κ2) is 5.20. The number of ether oxygens (including phenoxy) is 3. The van der Waals surface area contributed by atoms with E-state index in [0.717, 1.165) is 11.3 Å². The monoisotopic (exact) mass is 326 g/mol. The molecule has 1 aromatic rings. The topological polar surface area (TPSA) is 114 Å². The fraction of sp³-hybridized carbons (Fsp3) is 0.471. The molecule has 1 aliphatic heterocycles. The summed E-state index contributed by atoms with van der Waals surface area (Å²) in [7, 11) is 2.78. The third-order valence-corrected chi connectivity index (χ3v) is 5.01. The molecule has 2 aliphatic rings. The molecule has 1 aliphatic carbocycles. The van der Waals surface area contributed by atoms with E-state index in [1.807, 2.05) is 19.1 Å². The van der Waals surface area contributed by atoms with Crippen molar-refractivity contribution in [1.82, 2.24) is 0 Å². The Morgan fingerprint density at radius 2 is 1.79 bits per heavy atom. The summed E-state index contributed by atoms with van der Waals surface area (Å²) in [6.45, 7) is 2.46. The van der Waals surface area contributed by atoms with Crippen LogP contribution in [0.5, 0.6) is 5.75 Å². The van der Waals surface area contributed by atoms with Gasteiger partial charge in [-0.2, -0.15) is 10.5 Å². The van der Waals surface area contributed by atoms with Crippen molar-refractivity contribution in [2.75, 3.05) is 20.8 Å². The predicted octanol–water partition coefficient (Wildman–Crippen LogP) is 1.52. The van der Waals surface area contributed by atoms with Crippen molar-refractivity contribution in [3.05, 3.63) is 29.8 Å². The molecular formula is C17H18N4O3. The highest BCUT2D eigenvalue weighted by molar-refractivity contribution is 6.00.